The number of hydrogen-bond acceptors (Lipinski definition) is 8. The highest BCUT2D eigenvalue weighted by atomic mass is 32.1. The second-order valence-electron chi connectivity index (χ2n) is 9.99. The number of rotatable bonds is 9. The molecule has 2 aliphatic rings. The van der Waals surface area contributed by atoms with Crippen LogP contribution in [0.5, 0.6) is 11.5 Å². The molecule has 11 nitrogen and oxygen atoms in total. The summed E-state index contributed by atoms with van der Waals surface area (Å²) in [6.07, 6.45) is 0.157. The summed E-state index contributed by atoms with van der Waals surface area (Å²) >= 11 is 1.37. The fraction of sp³-hybridized carbons (Fsp3) is 0.310. The minimum atomic E-state index is -1.07. The molecule has 3 heterocycles. The average Bonchev–Trinajstić information content (AvgIpc) is 3.74. The van der Waals surface area contributed by atoms with E-state index in [1.165, 1.54) is 40.5 Å². The molecule has 3 aromatic rings. The average molecular weight is 596 g/mol. The van der Waals surface area contributed by atoms with Gasteiger partial charge in [-0.25, -0.2) is 4.39 Å². The van der Waals surface area contributed by atoms with E-state index in [4.69, 9.17) is 25.4 Å². The van der Waals surface area contributed by atoms with Crippen molar-refractivity contribution < 1.29 is 33.0 Å². The van der Waals surface area contributed by atoms with Gasteiger partial charge in [0.25, 0.3) is 5.91 Å². The van der Waals surface area contributed by atoms with Gasteiger partial charge >= 0.3 is 0 Å². The summed E-state index contributed by atoms with van der Waals surface area (Å²) in [7, 11) is 0. The highest BCUT2D eigenvalue weighted by Crippen LogP contribution is 2.35. The summed E-state index contributed by atoms with van der Waals surface area (Å²) in [5.41, 5.74) is 6.44. The molecule has 0 saturated carbocycles. The lowest BCUT2D eigenvalue weighted by molar-refractivity contribution is -0.152. The Morgan fingerprint density at radius 3 is 2.38 bits per heavy atom. The highest BCUT2D eigenvalue weighted by Gasteiger charge is 2.52. The van der Waals surface area contributed by atoms with Gasteiger partial charge in [0.2, 0.25) is 11.8 Å². The molecule has 0 unspecified atom stereocenters. The molecule has 220 valence electrons. The van der Waals surface area contributed by atoms with Gasteiger partial charge in [0, 0.05) is 27.8 Å². The third-order valence-electron chi connectivity index (χ3n) is 7.01. The number of nitrogens with zero attached hydrogens (tertiary/aromatic N) is 1. The Morgan fingerprint density at radius 2 is 1.76 bits per heavy atom. The number of amides is 3. The van der Waals surface area contributed by atoms with Crippen LogP contribution in [0.4, 0.5) is 4.39 Å². The Hall–Kier alpha value is -4.33. The maximum atomic E-state index is 13.4. The van der Waals surface area contributed by atoms with Crippen molar-refractivity contribution in [2.45, 2.75) is 31.2 Å². The van der Waals surface area contributed by atoms with Crippen LogP contribution in [0.25, 0.3) is 0 Å². The molecule has 42 heavy (non-hydrogen) atoms. The second kappa shape index (κ2) is 12.3. The Balaban J connectivity index is 1.20. The van der Waals surface area contributed by atoms with Gasteiger partial charge in [-0.15, -0.1) is 11.3 Å². The Labute approximate surface area is 245 Å². The van der Waals surface area contributed by atoms with Crippen molar-refractivity contribution >= 4 is 34.9 Å². The molecule has 13 heteroatoms. The molecule has 3 amide bonds. The number of ether oxygens (including phenoxy) is 3. The fourth-order valence-electron chi connectivity index (χ4n) is 4.82. The summed E-state index contributed by atoms with van der Waals surface area (Å²) in [6, 6.07) is 12.3. The van der Waals surface area contributed by atoms with Crippen LogP contribution < -0.4 is 21.1 Å². The third-order valence-corrected chi connectivity index (χ3v) is 8.13. The van der Waals surface area contributed by atoms with Crippen LogP contribution in [0.2, 0.25) is 0 Å². The van der Waals surface area contributed by atoms with E-state index in [1.807, 2.05) is 6.92 Å². The first kappa shape index (κ1) is 29.2. The molecule has 1 aromatic heterocycles. The Bertz CT molecular complexity index is 1470. The number of carbonyl (C=O) groups excluding carboxylic acids is 3. The number of hydrogen-bond donors (Lipinski definition) is 4. The molecule has 5 rings (SSSR count). The maximum absolute atomic E-state index is 13.4. The first-order chi connectivity index (χ1) is 20.1. The highest BCUT2D eigenvalue weighted by molar-refractivity contribution is 7.10. The van der Waals surface area contributed by atoms with E-state index in [2.05, 4.69) is 10.6 Å². The minimum absolute atomic E-state index is 0.0527. The van der Waals surface area contributed by atoms with E-state index in [1.54, 1.807) is 35.7 Å². The summed E-state index contributed by atoms with van der Waals surface area (Å²) in [5, 5.41) is 14.9. The zero-order chi connectivity index (χ0) is 29.9. The first-order valence-electron chi connectivity index (χ1n) is 13.2. The number of benzene rings is 2. The number of nitrogens with two attached hydrogens (primary N) is 1. The van der Waals surface area contributed by atoms with Gasteiger partial charge in [-0.05, 0) is 61.5 Å². The molecular weight excluding hydrogens is 565 g/mol. The molecule has 5 N–H and O–H groups in total. The predicted octanol–water partition coefficient (Wildman–Crippen LogP) is 2.91. The maximum Gasteiger partial charge on any atom is 0.251 e. The molecule has 0 bridgehead atoms. The zero-order valence-corrected chi connectivity index (χ0v) is 23.5. The van der Waals surface area contributed by atoms with Gasteiger partial charge in [-0.3, -0.25) is 19.8 Å². The molecule has 2 aromatic carbocycles. The topological polar surface area (TPSA) is 156 Å². The van der Waals surface area contributed by atoms with Crippen molar-refractivity contribution in [3.05, 3.63) is 81.8 Å². The van der Waals surface area contributed by atoms with Crippen molar-refractivity contribution in [1.82, 2.24) is 15.5 Å². The van der Waals surface area contributed by atoms with E-state index >= 15 is 0 Å². The molecule has 2 aliphatic heterocycles. The molecule has 2 fully saturated rings. The monoisotopic (exact) mass is 595 g/mol. The van der Waals surface area contributed by atoms with Crippen LogP contribution in [0.1, 0.15) is 40.2 Å². The van der Waals surface area contributed by atoms with Gasteiger partial charge in [0.05, 0.1) is 32.3 Å². The lowest BCUT2D eigenvalue weighted by Crippen LogP contribution is -2.49. The Kier molecular flexibility index (Phi) is 8.52. The number of thiophene rings is 1. The minimum Gasteiger partial charge on any atom is -0.457 e. The SMILES string of the molecule is C[C@@H](NC(=O)[C@@H]1CC2(CN1C(=O)CNC(=O)c1ccc(Oc3ccc(F)cc3)cc1)OCCO2)c1cc(C(=N)N)cs1. The normalized spacial score (nSPS) is 18.0. The van der Waals surface area contributed by atoms with E-state index in [0.717, 1.165) is 4.88 Å². The summed E-state index contributed by atoms with van der Waals surface area (Å²) in [4.78, 5) is 41.6. The fourth-order valence-corrected chi connectivity index (χ4v) is 5.73. The number of halogens is 1. The van der Waals surface area contributed by atoms with Crippen LogP contribution in [0.15, 0.2) is 60.0 Å². The summed E-state index contributed by atoms with van der Waals surface area (Å²) in [5.74, 6) is -1.93. The standard InChI is InChI=1S/C29H30FN5O6S/c1-17(24-12-19(15-42-24)26(31)32)34-28(38)23-13-29(39-10-11-40-29)16-35(23)25(36)14-33-27(37)18-2-6-21(7-3-18)41-22-8-4-20(30)5-9-22/h2-9,12,15,17,23H,10-11,13-14,16H2,1H3,(H3,31,32)(H,33,37)(H,34,38)/t17-,23+/m1/s1. The van der Waals surface area contributed by atoms with Crippen molar-refractivity contribution in [3.8, 4) is 11.5 Å². The molecule has 2 saturated heterocycles. The molecule has 0 radical (unpaired) electrons. The first-order valence-corrected chi connectivity index (χ1v) is 14.1. The summed E-state index contributed by atoms with van der Waals surface area (Å²) in [6.45, 7) is 2.23. The molecule has 1 spiro atoms. The van der Waals surface area contributed by atoms with E-state index in [-0.39, 0.29) is 43.1 Å². The lowest BCUT2D eigenvalue weighted by atomic mass is 10.1. The number of carbonyl (C=O) groups is 3. The van der Waals surface area contributed by atoms with Gasteiger partial charge in [0.1, 0.15) is 29.2 Å². The van der Waals surface area contributed by atoms with Gasteiger partial charge in [0.15, 0.2) is 5.79 Å². The van der Waals surface area contributed by atoms with Crippen LogP contribution in [-0.4, -0.2) is 66.6 Å². The quantitative estimate of drug-likeness (QED) is 0.219. The van der Waals surface area contributed by atoms with Crippen molar-refractivity contribution in [2.24, 2.45) is 5.73 Å². The zero-order valence-electron chi connectivity index (χ0n) is 22.7. The van der Waals surface area contributed by atoms with Gasteiger partial charge in [-0.1, -0.05) is 0 Å². The lowest BCUT2D eigenvalue weighted by Gasteiger charge is -2.25. The van der Waals surface area contributed by atoms with Gasteiger partial charge < -0.3 is 35.5 Å². The smallest absolute Gasteiger partial charge is 0.251 e. The summed E-state index contributed by atoms with van der Waals surface area (Å²) < 4.78 is 30.3. The third kappa shape index (κ3) is 6.59. The number of nitrogens with one attached hydrogen (secondary N) is 3. The van der Waals surface area contributed by atoms with Gasteiger partial charge in [-0.2, -0.15) is 0 Å². The van der Waals surface area contributed by atoms with E-state index < -0.39 is 23.6 Å². The largest absolute Gasteiger partial charge is 0.457 e. The molecule has 2 atom stereocenters. The number of likely N-dealkylation sites (tertiary alicyclic amines) is 1. The Morgan fingerprint density at radius 1 is 1.12 bits per heavy atom. The molecular formula is C29H30FN5O6S. The predicted molar refractivity (Wildman–Crippen MR) is 152 cm³/mol. The van der Waals surface area contributed by atoms with Crippen LogP contribution in [0.3, 0.4) is 0 Å². The number of amidine groups is 1. The van der Waals surface area contributed by atoms with Crippen molar-refractivity contribution in [1.29, 1.82) is 5.41 Å². The van der Waals surface area contributed by atoms with Crippen molar-refractivity contribution in [2.75, 3.05) is 26.3 Å². The van der Waals surface area contributed by atoms with E-state index in [0.29, 0.717) is 35.8 Å². The van der Waals surface area contributed by atoms with Crippen LogP contribution >= 0.6 is 11.3 Å². The number of nitrogen functional groups attached to an aromatic ring is 1. The molecule has 0 aliphatic carbocycles. The van der Waals surface area contributed by atoms with E-state index in [9.17, 15) is 18.8 Å². The second-order valence-corrected chi connectivity index (χ2v) is 10.9. The van der Waals surface area contributed by atoms with Crippen molar-refractivity contribution in [3.63, 3.8) is 0 Å². The van der Waals surface area contributed by atoms with Crippen LogP contribution in [0, 0.1) is 11.2 Å². The van der Waals surface area contributed by atoms with Crippen LogP contribution in [-0.2, 0) is 19.1 Å².